The van der Waals surface area contributed by atoms with Crippen LogP contribution in [-0.4, -0.2) is 31.1 Å². The fraction of sp³-hybridized carbons (Fsp3) is 0.588. The Bertz CT molecular complexity index is 436. The van der Waals surface area contributed by atoms with Crippen LogP contribution >= 0.6 is 0 Å². The lowest BCUT2D eigenvalue weighted by atomic mass is 9.98. The van der Waals surface area contributed by atoms with Crippen molar-refractivity contribution >= 4 is 5.91 Å². The van der Waals surface area contributed by atoms with Crippen LogP contribution in [0.2, 0.25) is 0 Å². The Kier molecular flexibility index (Phi) is 6.05. The molecule has 1 aliphatic heterocycles. The molecule has 1 aromatic rings. The molecule has 2 N–H and O–H groups in total. The zero-order chi connectivity index (χ0) is 15.1. The number of carbonyl (C=O) groups is 1. The van der Waals surface area contributed by atoms with Gasteiger partial charge in [0.2, 0.25) is 5.91 Å². The summed E-state index contributed by atoms with van der Waals surface area (Å²) in [5.41, 5.74) is 0. The molecule has 3 atom stereocenters. The summed E-state index contributed by atoms with van der Waals surface area (Å²) in [5.74, 6) is 0.963. The summed E-state index contributed by atoms with van der Waals surface area (Å²) in [5, 5.41) is 6.56. The van der Waals surface area contributed by atoms with Crippen molar-refractivity contribution in [3.8, 4) is 5.75 Å². The van der Waals surface area contributed by atoms with Gasteiger partial charge in [0.05, 0.1) is 6.61 Å². The van der Waals surface area contributed by atoms with Crippen molar-refractivity contribution in [2.24, 2.45) is 5.92 Å². The number of piperidine rings is 1. The second-order valence-electron chi connectivity index (χ2n) is 5.85. The van der Waals surface area contributed by atoms with Crippen LogP contribution in [0.5, 0.6) is 5.75 Å². The SMILES string of the molecule is CC(CCOc1ccccc1)C(=O)NC1CCCNC1C. The minimum absolute atomic E-state index is 0.0251. The molecule has 4 nitrogen and oxygen atoms in total. The van der Waals surface area contributed by atoms with Crippen LogP contribution in [0.3, 0.4) is 0 Å². The maximum Gasteiger partial charge on any atom is 0.223 e. The predicted octanol–water partition coefficient (Wildman–Crippen LogP) is 2.35. The van der Waals surface area contributed by atoms with Crippen LogP contribution in [0.4, 0.5) is 0 Å². The van der Waals surface area contributed by atoms with Crippen LogP contribution in [-0.2, 0) is 4.79 Å². The van der Waals surface area contributed by atoms with Gasteiger partial charge in [-0.05, 0) is 44.9 Å². The summed E-state index contributed by atoms with van der Waals surface area (Å²) in [7, 11) is 0. The van der Waals surface area contributed by atoms with Gasteiger partial charge in [-0.25, -0.2) is 0 Å². The van der Waals surface area contributed by atoms with Crippen molar-refractivity contribution in [2.75, 3.05) is 13.2 Å². The maximum absolute atomic E-state index is 12.2. The third-order valence-electron chi connectivity index (χ3n) is 4.10. The Balaban J connectivity index is 1.69. The molecule has 1 aromatic carbocycles. The molecule has 1 aliphatic rings. The third-order valence-corrected chi connectivity index (χ3v) is 4.10. The molecule has 2 rings (SSSR count). The quantitative estimate of drug-likeness (QED) is 0.845. The van der Waals surface area contributed by atoms with E-state index in [0.717, 1.165) is 31.6 Å². The van der Waals surface area contributed by atoms with Gasteiger partial charge < -0.3 is 15.4 Å². The Morgan fingerprint density at radius 3 is 2.90 bits per heavy atom. The van der Waals surface area contributed by atoms with Gasteiger partial charge >= 0.3 is 0 Å². The third kappa shape index (κ3) is 5.05. The largest absolute Gasteiger partial charge is 0.494 e. The molecule has 3 unspecified atom stereocenters. The Morgan fingerprint density at radius 2 is 2.19 bits per heavy atom. The van der Waals surface area contributed by atoms with Crippen LogP contribution in [0.1, 0.15) is 33.1 Å². The molecule has 0 saturated carbocycles. The van der Waals surface area contributed by atoms with E-state index in [9.17, 15) is 4.79 Å². The molecule has 116 valence electrons. The van der Waals surface area contributed by atoms with Crippen molar-refractivity contribution < 1.29 is 9.53 Å². The number of para-hydroxylation sites is 1. The van der Waals surface area contributed by atoms with Gasteiger partial charge in [-0.15, -0.1) is 0 Å². The topological polar surface area (TPSA) is 50.4 Å². The molecule has 4 heteroatoms. The molecule has 0 radical (unpaired) electrons. The van der Waals surface area contributed by atoms with Crippen molar-refractivity contribution in [3.05, 3.63) is 30.3 Å². The van der Waals surface area contributed by atoms with E-state index < -0.39 is 0 Å². The first kappa shape index (κ1) is 15.8. The van der Waals surface area contributed by atoms with Gasteiger partial charge in [0.15, 0.2) is 0 Å². The molecule has 1 fully saturated rings. The Hall–Kier alpha value is -1.55. The lowest BCUT2D eigenvalue weighted by Gasteiger charge is -2.31. The van der Waals surface area contributed by atoms with E-state index in [2.05, 4.69) is 17.6 Å². The van der Waals surface area contributed by atoms with Crippen molar-refractivity contribution in [2.45, 2.75) is 45.2 Å². The first-order chi connectivity index (χ1) is 10.2. The highest BCUT2D eigenvalue weighted by Gasteiger charge is 2.24. The number of amides is 1. The molecular formula is C17H26N2O2. The van der Waals surface area contributed by atoms with Crippen molar-refractivity contribution in [1.29, 1.82) is 0 Å². The lowest BCUT2D eigenvalue weighted by molar-refractivity contribution is -0.126. The average Bonchev–Trinajstić information content (AvgIpc) is 2.50. The number of hydrogen-bond acceptors (Lipinski definition) is 3. The van der Waals surface area contributed by atoms with Crippen LogP contribution < -0.4 is 15.4 Å². The summed E-state index contributed by atoms with van der Waals surface area (Å²) in [4.78, 5) is 12.2. The van der Waals surface area contributed by atoms with E-state index in [1.807, 2.05) is 37.3 Å². The first-order valence-corrected chi connectivity index (χ1v) is 7.88. The summed E-state index contributed by atoms with van der Waals surface area (Å²) in [6.07, 6.45) is 2.92. The highest BCUT2D eigenvalue weighted by atomic mass is 16.5. The standard InChI is InChI=1S/C17H26N2O2/c1-13(10-12-21-15-7-4-3-5-8-15)17(20)19-16-9-6-11-18-14(16)2/h3-5,7-8,13-14,16,18H,6,9-12H2,1-2H3,(H,19,20). The monoisotopic (exact) mass is 290 g/mol. The maximum atomic E-state index is 12.2. The van der Waals surface area contributed by atoms with E-state index >= 15 is 0 Å². The summed E-state index contributed by atoms with van der Waals surface area (Å²) < 4.78 is 5.65. The fourth-order valence-corrected chi connectivity index (χ4v) is 2.57. The van der Waals surface area contributed by atoms with Gasteiger partial charge in [-0.1, -0.05) is 25.1 Å². The molecular weight excluding hydrogens is 264 g/mol. The first-order valence-electron chi connectivity index (χ1n) is 7.88. The minimum atomic E-state index is -0.0251. The fourth-order valence-electron chi connectivity index (χ4n) is 2.57. The van der Waals surface area contributed by atoms with Crippen molar-refractivity contribution in [3.63, 3.8) is 0 Å². The zero-order valence-corrected chi connectivity index (χ0v) is 13.0. The van der Waals surface area contributed by atoms with Gasteiger partial charge in [-0.2, -0.15) is 0 Å². The summed E-state index contributed by atoms with van der Waals surface area (Å²) in [6, 6.07) is 10.3. The zero-order valence-electron chi connectivity index (χ0n) is 13.0. The van der Waals surface area contributed by atoms with E-state index in [4.69, 9.17) is 4.74 Å². The number of rotatable bonds is 6. The van der Waals surface area contributed by atoms with Crippen LogP contribution in [0, 0.1) is 5.92 Å². The second kappa shape index (κ2) is 8.03. The predicted molar refractivity (Wildman–Crippen MR) is 84.3 cm³/mol. The lowest BCUT2D eigenvalue weighted by Crippen LogP contribution is -2.52. The molecule has 0 bridgehead atoms. The molecule has 0 aliphatic carbocycles. The normalized spacial score (nSPS) is 23.3. The smallest absolute Gasteiger partial charge is 0.223 e. The van der Waals surface area contributed by atoms with Crippen molar-refractivity contribution in [1.82, 2.24) is 10.6 Å². The average molecular weight is 290 g/mol. The van der Waals surface area contributed by atoms with Crippen LogP contribution in [0.25, 0.3) is 0 Å². The van der Waals surface area contributed by atoms with Crippen LogP contribution in [0.15, 0.2) is 30.3 Å². The highest BCUT2D eigenvalue weighted by Crippen LogP contribution is 2.12. The summed E-state index contributed by atoms with van der Waals surface area (Å²) in [6.45, 7) is 5.71. The van der Waals surface area contributed by atoms with E-state index in [1.165, 1.54) is 0 Å². The summed E-state index contributed by atoms with van der Waals surface area (Å²) >= 11 is 0. The number of carbonyl (C=O) groups excluding carboxylic acids is 1. The van der Waals surface area contributed by atoms with E-state index in [1.54, 1.807) is 0 Å². The number of hydrogen-bond donors (Lipinski definition) is 2. The molecule has 0 spiro atoms. The molecule has 21 heavy (non-hydrogen) atoms. The van der Waals surface area contributed by atoms with E-state index in [-0.39, 0.29) is 17.9 Å². The van der Waals surface area contributed by atoms with Gasteiger partial charge in [0, 0.05) is 18.0 Å². The highest BCUT2D eigenvalue weighted by molar-refractivity contribution is 5.78. The van der Waals surface area contributed by atoms with Gasteiger partial charge in [0.1, 0.15) is 5.75 Å². The van der Waals surface area contributed by atoms with Gasteiger partial charge in [0.25, 0.3) is 0 Å². The molecule has 1 amide bonds. The molecule has 0 aromatic heterocycles. The molecule has 1 heterocycles. The second-order valence-corrected chi connectivity index (χ2v) is 5.85. The molecule has 1 saturated heterocycles. The Morgan fingerprint density at radius 1 is 1.43 bits per heavy atom. The minimum Gasteiger partial charge on any atom is -0.494 e. The Labute approximate surface area is 127 Å². The van der Waals surface area contributed by atoms with Gasteiger partial charge in [-0.3, -0.25) is 4.79 Å². The van der Waals surface area contributed by atoms with E-state index in [0.29, 0.717) is 12.6 Å². The number of nitrogens with one attached hydrogen (secondary N) is 2. The number of ether oxygens (including phenoxy) is 1. The number of benzene rings is 1.